The Morgan fingerprint density at radius 1 is 1.21 bits per heavy atom. The lowest BCUT2D eigenvalue weighted by Crippen LogP contribution is -2.13. The first-order chi connectivity index (χ1) is 13.0. The third kappa shape index (κ3) is 4.11. The van der Waals surface area contributed by atoms with E-state index >= 15 is 0 Å². The number of fused-ring (bicyclic) bond motifs is 1. The van der Waals surface area contributed by atoms with E-state index in [0.29, 0.717) is 43.9 Å². The second-order valence-electron chi connectivity index (χ2n) is 5.73. The number of carbonyl (C=O) groups is 1. The average molecular weight is 425 g/mol. The zero-order valence-electron chi connectivity index (χ0n) is 15.9. The summed E-state index contributed by atoms with van der Waals surface area (Å²) in [5.74, 6) is 1.22. The molecular weight excluding hydrogens is 404 g/mol. The quantitative estimate of drug-likeness (QED) is 0.583. The number of benzene rings is 1. The first kappa shape index (κ1) is 21.7. The van der Waals surface area contributed by atoms with E-state index in [4.69, 9.17) is 19.9 Å². The zero-order valence-corrected chi connectivity index (χ0v) is 17.5. The summed E-state index contributed by atoms with van der Waals surface area (Å²) >= 11 is 1.27. The molecule has 0 unspecified atom stereocenters. The molecular formula is C18H21ClN4O4S. The molecule has 3 aromatic rings. The van der Waals surface area contributed by atoms with Gasteiger partial charge in [-0.05, 0) is 24.6 Å². The number of aryl methyl sites for hydroxylation is 1. The molecule has 1 aromatic carbocycles. The van der Waals surface area contributed by atoms with Crippen LogP contribution < -0.4 is 20.5 Å². The van der Waals surface area contributed by atoms with Gasteiger partial charge in [-0.25, -0.2) is 4.98 Å². The van der Waals surface area contributed by atoms with E-state index < -0.39 is 0 Å². The number of anilines is 2. The Morgan fingerprint density at radius 3 is 2.61 bits per heavy atom. The number of nitrogens with two attached hydrogens (primary N) is 1. The number of aromatic nitrogens is 2. The first-order valence-electron chi connectivity index (χ1n) is 8.06. The van der Waals surface area contributed by atoms with Gasteiger partial charge in [0.2, 0.25) is 5.88 Å². The van der Waals surface area contributed by atoms with Crippen molar-refractivity contribution in [2.45, 2.75) is 13.5 Å². The monoisotopic (exact) mass is 424 g/mol. The van der Waals surface area contributed by atoms with Crippen LogP contribution in [0.1, 0.15) is 21.1 Å². The van der Waals surface area contributed by atoms with Crippen molar-refractivity contribution >= 4 is 51.2 Å². The molecule has 1 amide bonds. The van der Waals surface area contributed by atoms with Gasteiger partial charge in [0, 0.05) is 13.2 Å². The number of rotatable bonds is 6. The third-order valence-electron chi connectivity index (χ3n) is 3.98. The molecule has 0 fully saturated rings. The highest BCUT2D eigenvalue weighted by molar-refractivity contribution is 7.20. The van der Waals surface area contributed by atoms with Crippen molar-refractivity contribution in [1.82, 2.24) is 9.97 Å². The minimum absolute atomic E-state index is 0. The number of amides is 1. The second-order valence-corrected chi connectivity index (χ2v) is 6.72. The van der Waals surface area contributed by atoms with Crippen molar-refractivity contribution in [2.75, 3.05) is 32.4 Å². The van der Waals surface area contributed by atoms with Crippen LogP contribution in [0.5, 0.6) is 11.6 Å². The van der Waals surface area contributed by atoms with Gasteiger partial charge in [0.15, 0.2) is 5.82 Å². The molecule has 150 valence electrons. The van der Waals surface area contributed by atoms with Gasteiger partial charge in [0.25, 0.3) is 5.91 Å². The normalized spacial score (nSPS) is 10.4. The summed E-state index contributed by atoms with van der Waals surface area (Å²) in [4.78, 5) is 22.8. The van der Waals surface area contributed by atoms with Crippen LogP contribution in [0.25, 0.3) is 10.2 Å². The summed E-state index contributed by atoms with van der Waals surface area (Å²) < 4.78 is 15.7. The number of nitrogens with zero attached hydrogens (tertiary/aromatic N) is 2. The first-order valence-corrected chi connectivity index (χ1v) is 8.88. The van der Waals surface area contributed by atoms with Crippen molar-refractivity contribution in [3.8, 4) is 11.6 Å². The Bertz CT molecular complexity index is 1010. The van der Waals surface area contributed by atoms with Gasteiger partial charge in [-0.2, -0.15) is 4.98 Å². The van der Waals surface area contributed by atoms with Gasteiger partial charge in [-0.1, -0.05) is 0 Å². The third-order valence-corrected chi connectivity index (χ3v) is 5.17. The summed E-state index contributed by atoms with van der Waals surface area (Å²) in [6.07, 6.45) is 0. The van der Waals surface area contributed by atoms with Crippen LogP contribution in [0, 0.1) is 6.92 Å². The molecule has 0 spiro atoms. The van der Waals surface area contributed by atoms with Crippen LogP contribution in [-0.4, -0.2) is 37.2 Å². The van der Waals surface area contributed by atoms with E-state index in [0.717, 1.165) is 5.56 Å². The number of nitrogens with one attached hydrogen (secondary N) is 1. The largest absolute Gasteiger partial charge is 0.497 e. The topological polar surface area (TPSA) is 109 Å². The standard InChI is InChI=1S/C18H20N4O4S.ClH/c1-9-14-17(26-4)21-13(8-24-2)22-18(14)27-15(9)16(23)20-12-7-10(25-3)5-6-11(12)19;/h5-7H,8,19H2,1-4H3,(H,20,23);1H. The average Bonchev–Trinajstić information content (AvgIpc) is 3.00. The Balaban J connectivity index is 0.00000280. The molecule has 2 aromatic heterocycles. The summed E-state index contributed by atoms with van der Waals surface area (Å²) in [6.45, 7) is 2.09. The van der Waals surface area contributed by atoms with Crippen LogP contribution in [-0.2, 0) is 11.3 Å². The molecule has 0 saturated heterocycles. The molecule has 0 radical (unpaired) electrons. The van der Waals surface area contributed by atoms with Gasteiger partial charge >= 0.3 is 0 Å². The zero-order chi connectivity index (χ0) is 19.6. The van der Waals surface area contributed by atoms with E-state index in [2.05, 4.69) is 15.3 Å². The van der Waals surface area contributed by atoms with Crippen molar-refractivity contribution < 1.29 is 19.0 Å². The minimum Gasteiger partial charge on any atom is -0.497 e. The Kier molecular flexibility index (Phi) is 7.00. The Hall–Kier alpha value is -2.62. The number of nitrogen functional groups attached to an aromatic ring is 1. The Morgan fingerprint density at radius 2 is 1.96 bits per heavy atom. The predicted octanol–water partition coefficient (Wildman–Crippen LogP) is 3.42. The fraction of sp³-hybridized carbons (Fsp3) is 0.278. The van der Waals surface area contributed by atoms with Crippen LogP contribution in [0.2, 0.25) is 0 Å². The Labute approximate surface area is 172 Å². The summed E-state index contributed by atoms with van der Waals surface area (Å²) in [5.41, 5.74) is 7.63. The lowest BCUT2D eigenvalue weighted by atomic mass is 10.2. The van der Waals surface area contributed by atoms with Gasteiger partial charge in [0.05, 0.1) is 35.9 Å². The summed E-state index contributed by atoms with van der Waals surface area (Å²) in [5, 5.41) is 3.55. The van der Waals surface area contributed by atoms with Crippen LogP contribution >= 0.6 is 23.7 Å². The fourth-order valence-electron chi connectivity index (χ4n) is 2.65. The van der Waals surface area contributed by atoms with Crippen molar-refractivity contribution in [1.29, 1.82) is 0 Å². The van der Waals surface area contributed by atoms with E-state index in [1.165, 1.54) is 18.4 Å². The molecule has 0 aliphatic carbocycles. The highest BCUT2D eigenvalue weighted by atomic mass is 35.5. The van der Waals surface area contributed by atoms with Crippen LogP contribution in [0.3, 0.4) is 0 Å². The van der Waals surface area contributed by atoms with Crippen LogP contribution in [0.15, 0.2) is 18.2 Å². The van der Waals surface area contributed by atoms with E-state index in [1.807, 2.05) is 6.92 Å². The van der Waals surface area contributed by atoms with Crippen molar-refractivity contribution in [2.24, 2.45) is 0 Å². The molecule has 3 rings (SSSR count). The van der Waals surface area contributed by atoms with Gasteiger partial charge in [-0.15, -0.1) is 23.7 Å². The summed E-state index contributed by atoms with van der Waals surface area (Å²) in [6, 6.07) is 5.08. The summed E-state index contributed by atoms with van der Waals surface area (Å²) in [7, 11) is 4.65. The number of carbonyl (C=O) groups excluding carboxylic acids is 1. The molecule has 8 nitrogen and oxygen atoms in total. The smallest absolute Gasteiger partial charge is 0.266 e. The molecule has 0 atom stereocenters. The van der Waals surface area contributed by atoms with Gasteiger partial charge in [-0.3, -0.25) is 4.79 Å². The lowest BCUT2D eigenvalue weighted by molar-refractivity contribution is 0.103. The van der Waals surface area contributed by atoms with Gasteiger partial charge in [0.1, 0.15) is 17.2 Å². The number of methoxy groups -OCH3 is 3. The van der Waals surface area contributed by atoms with E-state index in [9.17, 15) is 4.79 Å². The number of hydrogen-bond acceptors (Lipinski definition) is 8. The number of halogens is 1. The second kappa shape index (κ2) is 9.05. The molecule has 2 heterocycles. The molecule has 0 aliphatic heterocycles. The fourth-order valence-corrected chi connectivity index (χ4v) is 3.74. The molecule has 28 heavy (non-hydrogen) atoms. The maximum Gasteiger partial charge on any atom is 0.266 e. The van der Waals surface area contributed by atoms with Gasteiger partial charge < -0.3 is 25.3 Å². The molecule has 3 N–H and O–H groups in total. The van der Waals surface area contributed by atoms with E-state index in [-0.39, 0.29) is 24.9 Å². The van der Waals surface area contributed by atoms with Crippen molar-refractivity contribution in [3.63, 3.8) is 0 Å². The molecule has 10 heteroatoms. The number of thiophene rings is 1. The highest BCUT2D eigenvalue weighted by Crippen LogP contribution is 2.36. The van der Waals surface area contributed by atoms with Crippen molar-refractivity contribution in [3.05, 3.63) is 34.5 Å². The SMILES string of the molecule is COCc1nc(OC)c2c(C)c(C(=O)Nc3cc(OC)ccc3N)sc2n1.Cl. The lowest BCUT2D eigenvalue weighted by Gasteiger charge is -2.09. The molecule has 0 aliphatic rings. The maximum atomic E-state index is 12.9. The highest BCUT2D eigenvalue weighted by Gasteiger charge is 2.21. The maximum absolute atomic E-state index is 12.9. The van der Waals surface area contributed by atoms with E-state index in [1.54, 1.807) is 32.4 Å². The van der Waals surface area contributed by atoms with Crippen LogP contribution in [0.4, 0.5) is 11.4 Å². The predicted molar refractivity (Wildman–Crippen MR) is 112 cm³/mol. The minimum atomic E-state index is -0.286. The number of ether oxygens (including phenoxy) is 3. The molecule has 0 saturated carbocycles. The number of hydrogen-bond donors (Lipinski definition) is 2. The molecule has 0 bridgehead atoms.